The second-order valence-corrected chi connectivity index (χ2v) is 8.47. The van der Waals surface area contributed by atoms with Crippen molar-refractivity contribution in [2.75, 3.05) is 25.1 Å². The number of nitrogens with zero attached hydrogens (tertiary/aromatic N) is 1. The van der Waals surface area contributed by atoms with Crippen molar-refractivity contribution < 1.29 is 19.5 Å². The number of carboxylic acid groups (broad SMARTS) is 1. The van der Waals surface area contributed by atoms with Crippen LogP contribution in [0.5, 0.6) is 0 Å². The molecule has 7 heteroatoms. The third kappa shape index (κ3) is 11.3. The smallest absolute Gasteiger partial charge is 0.324 e. The minimum atomic E-state index is -1.18. The van der Waals surface area contributed by atoms with E-state index in [4.69, 9.17) is 5.11 Å². The average Bonchev–Trinajstić information content (AvgIpc) is 2.80. The topological polar surface area (TPSA) is 86.7 Å². The van der Waals surface area contributed by atoms with Gasteiger partial charge in [0.25, 0.3) is 5.91 Å². The number of imide groups is 1. The van der Waals surface area contributed by atoms with E-state index >= 15 is 0 Å². The van der Waals surface area contributed by atoms with Gasteiger partial charge in [0.1, 0.15) is 6.54 Å². The van der Waals surface area contributed by atoms with Gasteiger partial charge in [0, 0.05) is 23.2 Å². The number of carboxylic acids is 1. The van der Waals surface area contributed by atoms with E-state index in [0.717, 1.165) is 16.4 Å². The zero-order chi connectivity index (χ0) is 24.6. The first-order valence-corrected chi connectivity index (χ1v) is 12.1. The highest BCUT2D eigenvalue weighted by Gasteiger charge is 2.22. The number of hydrogen-bond acceptors (Lipinski definition) is 4. The minimum Gasteiger partial charge on any atom is -0.480 e. The van der Waals surface area contributed by atoms with Gasteiger partial charge in [0.05, 0.1) is 0 Å². The lowest BCUT2D eigenvalue weighted by atomic mass is 10.1. The van der Waals surface area contributed by atoms with Crippen LogP contribution in [0, 0.1) is 17.8 Å². The molecule has 2 N–H and O–H groups in total. The van der Waals surface area contributed by atoms with Crippen LogP contribution < -0.4 is 5.32 Å². The molecule has 0 radical (unpaired) electrons. The highest BCUT2D eigenvalue weighted by Crippen LogP contribution is 2.10. The van der Waals surface area contributed by atoms with Crippen LogP contribution in [0.2, 0.25) is 0 Å². The van der Waals surface area contributed by atoms with Gasteiger partial charge in [-0.25, -0.2) is 4.79 Å². The highest BCUT2D eigenvalue weighted by atomic mass is 32.2. The van der Waals surface area contributed by atoms with Gasteiger partial charge in [0.2, 0.25) is 0 Å². The van der Waals surface area contributed by atoms with Gasteiger partial charge in [-0.05, 0) is 54.7 Å². The predicted molar refractivity (Wildman–Crippen MR) is 134 cm³/mol. The summed E-state index contributed by atoms with van der Waals surface area (Å²) in [5.41, 5.74) is 1.82. The number of carbonyl (C=O) groups is 3. The third-order valence-corrected chi connectivity index (χ3v) is 5.06. The molecule has 3 amide bonds. The van der Waals surface area contributed by atoms with E-state index in [2.05, 4.69) is 37.3 Å². The summed E-state index contributed by atoms with van der Waals surface area (Å²) >= 11 is 1.91. The number of urea groups is 1. The van der Waals surface area contributed by atoms with Crippen LogP contribution in [0.1, 0.15) is 48.7 Å². The first-order valence-electron chi connectivity index (χ1n) is 10.8. The molecule has 0 aliphatic carbocycles. The molecule has 0 spiro atoms. The molecule has 0 saturated heterocycles. The number of benzene rings is 2. The summed E-state index contributed by atoms with van der Waals surface area (Å²) in [6.07, 6.45) is 2.69. The summed E-state index contributed by atoms with van der Waals surface area (Å²) in [6.45, 7) is 5.93. The standard InChI is InChI=1S/C21H20N2O4.C5H12S/c1-2-13-23(21(27)22-15-19(24)25)20(26)18-10-6-9-17(14-18)12-11-16-7-4-3-5-8-16;1-5(2)4-6-3/h3-10,14H,2,13,15H2,1H3,(H,22,27)(H,24,25);5H,4H2,1-3H3. The second kappa shape index (κ2) is 15.5. The van der Waals surface area contributed by atoms with Crippen molar-refractivity contribution in [3.8, 4) is 11.8 Å². The average molecular weight is 469 g/mol. The normalized spacial score (nSPS) is 9.73. The number of nitrogens with one attached hydrogen (secondary N) is 1. The Bertz CT molecular complexity index is 965. The molecule has 0 heterocycles. The summed E-state index contributed by atoms with van der Waals surface area (Å²) in [5.74, 6) is 6.50. The van der Waals surface area contributed by atoms with Crippen LogP contribution in [-0.4, -0.2) is 53.0 Å². The maximum absolute atomic E-state index is 12.7. The molecule has 0 aliphatic rings. The summed E-state index contributed by atoms with van der Waals surface area (Å²) in [7, 11) is 0. The molecule has 0 atom stereocenters. The maximum Gasteiger partial charge on any atom is 0.324 e. The second-order valence-electron chi connectivity index (χ2n) is 7.56. The lowest BCUT2D eigenvalue weighted by molar-refractivity contribution is -0.135. The van der Waals surface area contributed by atoms with E-state index in [0.29, 0.717) is 17.5 Å². The van der Waals surface area contributed by atoms with E-state index in [1.807, 2.05) is 49.0 Å². The van der Waals surface area contributed by atoms with Crippen LogP contribution in [-0.2, 0) is 4.79 Å². The van der Waals surface area contributed by atoms with Gasteiger partial charge < -0.3 is 10.4 Å². The fourth-order valence-electron chi connectivity index (χ4n) is 2.65. The lowest BCUT2D eigenvalue weighted by Gasteiger charge is -2.20. The summed E-state index contributed by atoms with van der Waals surface area (Å²) in [5, 5.41) is 10.9. The Hall–Kier alpha value is -3.24. The van der Waals surface area contributed by atoms with E-state index in [-0.39, 0.29) is 6.54 Å². The molecule has 2 aromatic carbocycles. The maximum atomic E-state index is 12.7. The van der Waals surface area contributed by atoms with Crippen molar-refractivity contribution in [3.63, 3.8) is 0 Å². The van der Waals surface area contributed by atoms with Gasteiger partial charge in [0.15, 0.2) is 0 Å². The molecular weight excluding hydrogens is 436 g/mol. The summed E-state index contributed by atoms with van der Waals surface area (Å²) < 4.78 is 0. The molecule has 2 rings (SSSR count). The fourth-order valence-corrected chi connectivity index (χ4v) is 3.32. The van der Waals surface area contributed by atoms with Crippen LogP contribution in [0.4, 0.5) is 4.79 Å². The molecule has 0 aliphatic heterocycles. The molecular formula is C26H32N2O4S. The van der Waals surface area contributed by atoms with Gasteiger partial charge in [-0.3, -0.25) is 14.5 Å². The summed E-state index contributed by atoms with van der Waals surface area (Å²) in [6, 6.07) is 15.4. The number of hydrogen-bond donors (Lipinski definition) is 2. The Kier molecular flexibility index (Phi) is 13.1. The van der Waals surface area contributed by atoms with E-state index in [9.17, 15) is 14.4 Å². The van der Waals surface area contributed by atoms with E-state index < -0.39 is 24.5 Å². The Morgan fingerprint density at radius 2 is 1.67 bits per heavy atom. The van der Waals surface area contributed by atoms with Gasteiger partial charge in [-0.15, -0.1) is 0 Å². The molecule has 0 aromatic heterocycles. The molecule has 2 aromatic rings. The molecule has 0 saturated carbocycles. The minimum absolute atomic E-state index is 0.185. The Balaban J connectivity index is 0.000000801. The molecule has 33 heavy (non-hydrogen) atoms. The SMILES string of the molecule is CCCN(C(=O)NCC(=O)O)C(=O)c1cccc(C#Cc2ccccc2)c1.CSCC(C)C. The van der Waals surface area contributed by atoms with Crippen LogP contribution in [0.3, 0.4) is 0 Å². The molecule has 0 unspecified atom stereocenters. The van der Waals surface area contributed by atoms with Crippen LogP contribution >= 0.6 is 11.8 Å². The molecule has 0 fully saturated rings. The van der Waals surface area contributed by atoms with Crippen molar-refractivity contribution in [3.05, 3.63) is 71.3 Å². The Morgan fingerprint density at radius 3 is 2.21 bits per heavy atom. The van der Waals surface area contributed by atoms with Crippen molar-refractivity contribution in [2.24, 2.45) is 5.92 Å². The first-order chi connectivity index (χ1) is 15.8. The molecule has 6 nitrogen and oxygen atoms in total. The third-order valence-electron chi connectivity index (χ3n) is 4.06. The van der Waals surface area contributed by atoms with Crippen LogP contribution in [0.25, 0.3) is 0 Å². The quantitative estimate of drug-likeness (QED) is 0.573. The van der Waals surface area contributed by atoms with Gasteiger partial charge >= 0.3 is 12.0 Å². The van der Waals surface area contributed by atoms with Crippen molar-refractivity contribution >= 4 is 29.7 Å². The lowest BCUT2D eigenvalue weighted by Crippen LogP contribution is -2.45. The zero-order valence-corrected chi connectivity index (χ0v) is 20.4. The molecule has 0 bridgehead atoms. The summed E-state index contributed by atoms with van der Waals surface area (Å²) in [4.78, 5) is 36.5. The predicted octanol–water partition coefficient (Wildman–Crippen LogP) is 4.74. The molecule has 176 valence electrons. The van der Waals surface area contributed by atoms with E-state index in [1.165, 1.54) is 5.75 Å². The Labute approximate surface area is 200 Å². The largest absolute Gasteiger partial charge is 0.480 e. The van der Waals surface area contributed by atoms with Crippen molar-refractivity contribution in [1.29, 1.82) is 0 Å². The number of carbonyl (C=O) groups excluding carboxylic acids is 2. The number of rotatable bonds is 7. The first kappa shape index (κ1) is 27.8. The number of thioether (sulfide) groups is 1. The highest BCUT2D eigenvalue weighted by molar-refractivity contribution is 7.98. The van der Waals surface area contributed by atoms with Crippen molar-refractivity contribution in [1.82, 2.24) is 10.2 Å². The fraction of sp³-hybridized carbons (Fsp3) is 0.346. The van der Waals surface area contributed by atoms with Crippen molar-refractivity contribution in [2.45, 2.75) is 27.2 Å². The Morgan fingerprint density at radius 1 is 1.03 bits per heavy atom. The van der Waals surface area contributed by atoms with Gasteiger partial charge in [-0.1, -0.05) is 56.9 Å². The van der Waals surface area contributed by atoms with Crippen LogP contribution in [0.15, 0.2) is 54.6 Å². The monoisotopic (exact) mass is 468 g/mol. The van der Waals surface area contributed by atoms with E-state index in [1.54, 1.807) is 24.3 Å². The number of amides is 3. The zero-order valence-electron chi connectivity index (χ0n) is 19.6. The van der Waals surface area contributed by atoms with Gasteiger partial charge in [-0.2, -0.15) is 11.8 Å². The number of aliphatic carboxylic acids is 1.